The first kappa shape index (κ1) is 13.3. The smallest absolute Gasteiger partial charge is 0.0408 e. The fourth-order valence-electron chi connectivity index (χ4n) is 2.49. The topological polar surface area (TPSA) is 12.0 Å². The molecule has 94 valence electrons. The molecule has 0 bridgehead atoms. The van der Waals surface area contributed by atoms with E-state index in [1.807, 2.05) is 17.8 Å². The van der Waals surface area contributed by atoms with E-state index < -0.39 is 0 Å². The van der Waals surface area contributed by atoms with E-state index in [4.69, 9.17) is 11.6 Å². The van der Waals surface area contributed by atoms with Gasteiger partial charge in [0.25, 0.3) is 0 Å². The highest BCUT2D eigenvalue weighted by Crippen LogP contribution is 2.32. The predicted molar refractivity (Wildman–Crippen MR) is 78.1 cm³/mol. The summed E-state index contributed by atoms with van der Waals surface area (Å²) >= 11 is 7.94. The van der Waals surface area contributed by atoms with E-state index >= 15 is 0 Å². The van der Waals surface area contributed by atoms with Gasteiger partial charge in [0.05, 0.1) is 0 Å². The third-order valence-electron chi connectivity index (χ3n) is 3.35. The van der Waals surface area contributed by atoms with Crippen LogP contribution in [0.4, 0.5) is 0 Å². The lowest BCUT2D eigenvalue weighted by molar-refractivity contribution is 0.476. The summed E-state index contributed by atoms with van der Waals surface area (Å²) in [4.78, 5) is 0. The number of aryl methyl sites for hydroxylation is 1. The van der Waals surface area contributed by atoms with Crippen molar-refractivity contribution in [1.82, 2.24) is 5.32 Å². The quantitative estimate of drug-likeness (QED) is 0.870. The zero-order valence-corrected chi connectivity index (χ0v) is 12.1. The number of fused-ring (bicyclic) bond motifs is 1. The molecular formula is C14H20ClNS. The first-order valence-corrected chi connectivity index (χ1v) is 7.98. The number of thioether (sulfide) groups is 1. The van der Waals surface area contributed by atoms with E-state index in [0.29, 0.717) is 6.04 Å². The van der Waals surface area contributed by atoms with Crippen LogP contribution < -0.4 is 5.32 Å². The van der Waals surface area contributed by atoms with E-state index in [-0.39, 0.29) is 0 Å². The predicted octanol–water partition coefficient (Wildman–Crippen LogP) is 3.92. The minimum Gasteiger partial charge on any atom is -0.310 e. The molecule has 0 radical (unpaired) electrons. The highest BCUT2D eigenvalue weighted by molar-refractivity contribution is 7.98. The minimum absolute atomic E-state index is 0.534. The molecule has 0 spiro atoms. The SMILES string of the molecule is CSCC(C)CNC1CCc2cc(Cl)ccc21. The molecule has 1 N–H and O–H groups in total. The standard InChI is InChI=1S/C14H20ClNS/c1-10(9-17-2)8-16-14-6-3-11-7-12(15)4-5-13(11)14/h4-5,7,10,14,16H,3,6,8-9H2,1-2H3. The van der Waals surface area contributed by atoms with E-state index in [2.05, 4.69) is 30.6 Å². The van der Waals surface area contributed by atoms with Crippen molar-refractivity contribution in [2.24, 2.45) is 5.92 Å². The second kappa shape index (κ2) is 6.12. The van der Waals surface area contributed by atoms with Gasteiger partial charge in [-0.3, -0.25) is 0 Å². The Bertz CT molecular complexity index is 380. The van der Waals surface area contributed by atoms with Gasteiger partial charge in [-0.2, -0.15) is 11.8 Å². The number of nitrogens with one attached hydrogen (secondary N) is 1. The molecule has 3 heteroatoms. The van der Waals surface area contributed by atoms with Gasteiger partial charge in [-0.1, -0.05) is 24.6 Å². The third kappa shape index (κ3) is 3.40. The summed E-state index contributed by atoms with van der Waals surface area (Å²) < 4.78 is 0. The van der Waals surface area contributed by atoms with Gasteiger partial charge in [0, 0.05) is 11.1 Å². The van der Waals surface area contributed by atoms with Crippen molar-refractivity contribution < 1.29 is 0 Å². The molecule has 0 heterocycles. The summed E-state index contributed by atoms with van der Waals surface area (Å²) in [6, 6.07) is 6.84. The Kier molecular flexibility index (Phi) is 4.78. The van der Waals surface area contributed by atoms with Gasteiger partial charge in [-0.15, -0.1) is 0 Å². The Balaban J connectivity index is 1.93. The van der Waals surface area contributed by atoms with Crippen LogP contribution in [-0.2, 0) is 6.42 Å². The van der Waals surface area contributed by atoms with Crippen LogP contribution in [0.15, 0.2) is 18.2 Å². The molecular weight excluding hydrogens is 250 g/mol. The molecule has 2 atom stereocenters. The third-order valence-corrected chi connectivity index (χ3v) is 4.48. The number of hydrogen-bond donors (Lipinski definition) is 1. The number of hydrogen-bond acceptors (Lipinski definition) is 2. The maximum Gasteiger partial charge on any atom is 0.0408 e. The summed E-state index contributed by atoms with van der Waals surface area (Å²) in [5, 5.41) is 4.55. The molecule has 0 fully saturated rings. The second-order valence-corrected chi connectivity index (χ2v) is 6.25. The molecule has 1 nitrogen and oxygen atoms in total. The first-order chi connectivity index (χ1) is 8.20. The average Bonchev–Trinajstić information content (AvgIpc) is 2.69. The van der Waals surface area contributed by atoms with Crippen LogP contribution >= 0.6 is 23.4 Å². The summed E-state index contributed by atoms with van der Waals surface area (Å²) in [7, 11) is 0. The minimum atomic E-state index is 0.534. The highest BCUT2D eigenvalue weighted by atomic mass is 35.5. The molecule has 1 aromatic carbocycles. The number of benzene rings is 1. The van der Waals surface area contributed by atoms with Crippen molar-refractivity contribution in [3.8, 4) is 0 Å². The van der Waals surface area contributed by atoms with Gasteiger partial charge in [-0.05, 0) is 60.6 Å². The van der Waals surface area contributed by atoms with Gasteiger partial charge in [-0.25, -0.2) is 0 Å². The Morgan fingerprint density at radius 1 is 1.53 bits per heavy atom. The molecule has 17 heavy (non-hydrogen) atoms. The maximum absolute atomic E-state index is 6.02. The van der Waals surface area contributed by atoms with Gasteiger partial charge < -0.3 is 5.32 Å². The Morgan fingerprint density at radius 3 is 3.12 bits per heavy atom. The van der Waals surface area contributed by atoms with E-state index in [9.17, 15) is 0 Å². The van der Waals surface area contributed by atoms with Crippen LogP contribution in [0.3, 0.4) is 0 Å². The number of halogens is 1. The Morgan fingerprint density at radius 2 is 2.35 bits per heavy atom. The highest BCUT2D eigenvalue weighted by Gasteiger charge is 2.22. The van der Waals surface area contributed by atoms with Crippen molar-refractivity contribution in [2.45, 2.75) is 25.8 Å². The molecule has 0 aliphatic heterocycles. The van der Waals surface area contributed by atoms with Crippen molar-refractivity contribution >= 4 is 23.4 Å². The molecule has 0 amide bonds. The molecule has 2 unspecified atom stereocenters. The van der Waals surface area contributed by atoms with Crippen LogP contribution in [0.1, 0.15) is 30.5 Å². The number of rotatable bonds is 5. The van der Waals surface area contributed by atoms with E-state index in [1.54, 1.807) is 0 Å². The summed E-state index contributed by atoms with van der Waals surface area (Å²) in [5.41, 5.74) is 2.87. The van der Waals surface area contributed by atoms with Gasteiger partial charge in [0.15, 0.2) is 0 Å². The molecule has 2 rings (SSSR count). The van der Waals surface area contributed by atoms with Crippen LogP contribution in [-0.4, -0.2) is 18.6 Å². The lowest BCUT2D eigenvalue weighted by atomic mass is 10.1. The lowest BCUT2D eigenvalue weighted by Crippen LogP contribution is -2.25. The van der Waals surface area contributed by atoms with E-state index in [1.165, 1.54) is 23.3 Å². The summed E-state index contributed by atoms with van der Waals surface area (Å²) in [6.45, 7) is 3.41. The molecule has 0 saturated carbocycles. The molecule has 1 aromatic rings. The van der Waals surface area contributed by atoms with Crippen molar-refractivity contribution in [3.63, 3.8) is 0 Å². The fraction of sp³-hybridized carbons (Fsp3) is 0.571. The second-order valence-electron chi connectivity index (χ2n) is 4.90. The van der Waals surface area contributed by atoms with Crippen molar-refractivity contribution in [2.75, 3.05) is 18.6 Å². The van der Waals surface area contributed by atoms with Gasteiger partial charge in [0.1, 0.15) is 0 Å². The first-order valence-electron chi connectivity index (χ1n) is 6.21. The van der Waals surface area contributed by atoms with Crippen LogP contribution in [0.2, 0.25) is 5.02 Å². The zero-order chi connectivity index (χ0) is 12.3. The lowest BCUT2D eigenvalue weighted by Gasteiger charge is -2.17. The summed E-state index contributed by atoms with van der Waals surface area (Å²) in [6.07, 6.45) is 4.54. The molecule has 0 saturated heterocycles. The zero-order valence-electron chi connectivity index (χ0n) is 10.5. The van der Waals surface area contributed by atoms with Crippen LogP contribution in [0.5, 0.6) is 0 Å². The van der Waals surface area contributed by atoms with Crippen molar-refractivity contribution in [3.05, 3.63) is 34.3 Å². The van der Waals surface area contributed by atoms with Crippen LogP contribution in [0.25, 0.3) is 0 Å². The normalized spacial score (nSPS) is 20.3. The Labute approximate surface area is 113 Å². The molecule has 0 aromatic heterocycles. The van der Waals surface area contributed by atoms with Crippen molar-refractivity contribution in [1.29, 1.82) is 0 Å². The van der Waals surface area contributed by atoms with Gasteiger partial charge in [0.2, 0.25) is 0 Å². The summed E-state index contributed by atoms with van der Waals surface area (Å²) in [5.74, 6) is 1.97. The Hall–Kier alpha value is -0.180. The average molecular weight is 270 g/mol. The molecule has 1 aliphatic rings. The maximum atomic E-state index is 6.02. The largest absolute Gasteiger partial charge is 0.310 e. The van der Waals surface area contributed by atoms with Gasteiger partial charge >= 0.3 is 0 Å². The van der Waals surface area contributed by atoms with E-state index in [0.717, 1.165) is 23.9 Å². The molecule has 1 aliphatic carbocycles. The monoisotopic (exact) mass is 269 g/mol. The fourth-order valence-corrected chi connectivity index (χ4v) is 3.37. The van der Waals surface area contributed by atoms with Crippen LogP contribution in [0, 0.1) is 5.92 Å².